The van der Waals surface area contributed by atoms with Gasteiger partial charge in [0, 0.05) is 17.2 Å². The molecule has 0 aromatic heterocycles. The summed E-state index contributed by atoms with van der Waals surface area (Å²) in [5.41, 5.74) is 0.536. The van der Waals surface area contributed by atoms with Gasteiger partial charge >= 0.3 is 0 Å². The molecule has 2 aromatic rings. The lowest BCUT2D eigenvalue weighted by Crippen LogP contribution is -2.31. The number of aldehydes is 1. The smallest absolute Gasteiger partial charge is 0.270 e. The molecule has 0 spiro atoms. The summed E-state index contributed by atoms with van der Waals surface area (Å²) in [4.78, 5) is 33.1. The lowest BCUT2D eigenvalue weighted by Gasteiger charge is -2.16. The van der Waals surface area contributed by atoms with Crippen molar-refractivity contribution in [3.63, 3.8) is 0 Å². The third kappa shape index (κ3) is 4.77. The summed E-state index contributed by atoms with van der Waals surface area (Å²) in [5.74, 6) is -0.316. The van der Waals surface area contributed by atoms with E-state index in [0.717, 1.165) is 11.6 Å². The van der Waals surface area contributed by atoms with Crippen LogP contribution in [0.25, 0.3) is 0 Å². The Morgan fingerprint density at radius 3 is 2.72 bits per heavy atom. The Labute approximate surface area is 148 Å². The molecule has 2 rings (SSSR count). The van der Waals surface area contributed by atoms with Gasteiger partial charge in [-0.2, -0.15) is 0 Å². The van der Waals surface area contributed by atoms with Crippen LogP contribution in [0.1, 0.15) is 28.9 Å². The number of nitrogens with one attached hydrogen (secondary N) is 1. The number of nitrogens with zero attached hydrogens (tertiary/aromatic N) is 1. The number of carbonyl (C=O) groups excluding carboxylic acids is 2. The molecular formula is C17H15ClN2O5. The molecule has 130 valence electrons. The van der Waals surface area contributed by atoms with E-state index in [1.807, 2.05) is 6.07 Å². The fourth-order valence-electron chi connectivity index (χ4n) is 2.20. The number of halogens is 1. The van der Waals surface area contributed by atoms with Crippen LogP contribution in [0.3, 0.4) is 0 Å². The van der Waals surface area contributed by atoms with Gasteiger partial charge in [0.1, 0.15) is 5.75 Å². The fourth-order valence-corrected chi connectivity index (χ4v) is 2.50. The average molecular weight is 363 g/mol. The molecule has 7 nitrogen and oxygen atoms in total. The van der Waals surface area contributed by atoms with Crippen molar-refractivity contribution in [1.29, 1.82) is 0 Å². The van der Waals surface area contributed by atoms with Crippen LogP contribution in [0.5, 0.6) is 5.75 Å². The number of carbonyl (C=O) groups is 2. The first-order valence-electron chi connectivity index (χ1n) is 7.32. The molecule has 0 radical (unpaired) electrons. The van der Waals surface area contributed by atoms with Crippen molar-refractivity contribution in [1.82, 2.24) is 5.32 Å². The molecule has 0 saturated carbocycles. The highest BCUT2D eigenvalue weighted by molar-refractivity contribution is 6.31. The summed E-state index contributed by atoms with van der Waals surface area (Å²) in [7, 11) is 0. The van der Waals surface area contributed by atoms with Crippen LogP contribution in [-0.4, -0.2) is 23.7 Å². The van der Waals surface area contributed by atoms with Crippen LogP contribution in [-0.2, 0) is 4.79 Å². The number of hydrogen-bond acceptors (Lipinski definition) is 5. The van der Waals surface area contributed by atoms with Gasteiger partial charge in [0.15, 0.2) is 12.9 Å². The van der Waals surface area contributed by atoms with E-state index in [2.05, 4.69) is 5.32 Å². The highest BCUT2D eigenvalue weighted by Crippen LogP contribution is 2.24. The largest absolute Gasteiger partial charge is 0.483 e. The third-order valence-electron chi connectivity index (χ3n) is 3.44. The average Bonchev–Trinajstić information content (AvgIpc) is 2.59. The molecule has 8 heteroatoms. The van der Waals surface area contributed by atoms with Gasteiger partial charge in [0.05, 0.1) is 16.5 Å². The molecule has 0 saturated heterocycles. The van der Waals surface area contributed by atoms with E-state index in [0.29, 0.717) is 11.3 Å². The quantitative estimate of drug-likeness (QED) is 0.463. The molecule has 1 N–H and O–H groups in total. The standard InChI is InChI=1S/C17H15ClN2O5/c1-11(14-4-2-3-5-15(14)18)19-17(22)10-25-16-7-6-13(20(23)24)8-12(16)9-21/h2-9,11H,10H2,1H3,(H,19,22). The highest BCUT2D eigenvalue weighted by atomic mass is 35.5. The second-order valence-corrected chi connectivity index (χ2v) is 5.60. The first-order valence-corrected chi connectivity index (χ1v) is 7.70. The molecule has 1 atom stereocenters. The molecule has 0 aliphatic heterocycles. The minimum absolute atomic E-state index is 0.00107. The van der Waals surface area contributed by atoms with E-state index in [4.69, 9.17) is 16.3 Å². The van der Waals surface area contributed by atoms with Gasteiger partial charge < -0.3 is 10.1 Å². The maximum Gasteiger partial charge on any atom is 0.270 e. The molecule has 0 fully saturated rings. The van der Waals surface area contributed by atoms with Crippen LogP contribution in [0.4, 0.5) is 5.69 Å². The van der Waals surface area contributed by atoms with Gasteiger partial charge in [-0.1, -0.05) is 29.8 Å². The molecular weight excluding hydrogens is 348 g/mol. The number of rotatable bonds is 7. The van der Waals surface area contributed by atoms with Gasteiger partial charge in [-0.15, -0.1) is 0 Å². The zero-order valence-corrected chi connectivity index (χ0v) is 14.0. The minimum atomic E-state index is -0.616. The fraction of sp³-hybridized carbons (Fsp3) is 0.176. The van der Waals surface area contributed by atoms with Gasteiger partial charge in [0.25, 0.3) is 11.6 Å². The molecule has 1 amide bonds. The second kappa shape index (κ2) is 8.25. The van der Waals surface area contributed by atoms with Gasteiger partial charge in [-0.3, -0.25) is 19.7 Å². The Bertz CT molecular complexity index is 809. The molecule has 0 heterocycles. The topological polar surface area (TPSA) is 98.5 Å². The van der Waals surface area contributed by atoms with Crippen LogP contribution < -0.4 is 10.1 Å². The first-order chi connectivity index (χ1) is 11.9. The maximum atomic E-state index is 12.0. The number of hydrogen-bond donors (Lipinski definition) is 1. The Morgan fingerprint density at radius 2 is 2.08 bits per heavy atom. The van der Waals surface area contributed by atoms with Crippen molar-refractivity contribution in [2.24, 2.45) is 0 Å². The van der Waals surface area contributed by atoms with Gasteiger partial charge in [-0.25, -0.2) is 0 Å². The van der Waals surface area contributed by atoms with E-state index in [-0.39, 0.29) is 29.6 Å². The van der Waals surface area contributed by atoms with E-state index in [1.54, 1.807) is 25.1 Å². The Hall–Kier alpha value is -2.93. The zero-order valence-electron chi connectivity index (χ0n) is 13.3. The summed E-state index contributed by atoms with van der Waals surface area (Å²) in [6, 6.07) is 10.4. The van der Waals surface area contributed by atoms with Crippen LogP contribution in [0, 0.1) is 10.1 Å². The Morgan fingerprint density at radius 1 is 1.36 bits per heavy atom. The van der Waals surface area contributed by atoms with E-state index >= 15 is 0 Å². The number of benzene rings is 2. The van der Waals surface area contributed by atoms with E-state index in [1.165, 1.54) is 12.1 Å². The van der Waals surface area contributed by atoms with Crippen molar-refractivity contribution in [2.45, 2.75) is 13.0 Å². The lowest BCUT2D eigenvalue weighted by molar-refractivity contribution is -0.384. The van der Waals surface area contributed by atoms with Crippen molar-refractivity contribution in [2.75, 3.05) is 6.61 Å². The molecule has 2 aromatic carbocycles. The second-order valence-electron chi connectivity index (χ2n) is 5.20. The summed E-state index contributed by atoms with van der Waals surface area (Å²) in [6.45, 7) is 1.44. The van der Waals surface area contributed by atoms with E-state index in [9.17, 15) is 19.7 Å². The summed E-state index contributed by atoms with van der Waals surface area (Å²) < 4.78 is 5.29. The normalized spacial score (nSPS) is 11.4. The Balaban J connectivity index is 1.99. The predicted octanol–water partition coefficient (Wildman–Crippen LogP) is 3.32. The number of ether oxygens (including phenoxy) is 1. The molecule has 0 aliphatic carbocycles. The van der Waals surface area contributed by atoms with Crippen molar-refractivity contribution < 1.29 is 19.2 Å². The Kier molecular flexibility index (Phi) is 6.08. The van der Waals surface area contributed by atoms with Crippen molar-refractivity contribution in [3.8, 4) is 5.75 Å². The van der Waals surface area contributed by atoms with Crippen molar-refractivity contribution in [3.05, 3.63) is 68.7 Å². The summed E-state index contributed by atoms with van der Waals surface area (Å²) in [5, 5.41) is 14.0. The lowest BCUT2D eigenvalue weighted by atomic mass is 10.1. The predicted molar refractivity (Wildman–Crippen MR) is 92.0 cm³/mol. The van der Waals surface area contributed by atoms with Gasteiger partial charge in [0.2, 0.25) is 0 Å². The number of amides is 1. The van der Waals surface area contributed by atoms with Crippen molar-refractivity contribution >= 4 is 29.5 Å². The van der Waals surface area contributed by atoms with Crippen LogP contribution >= 0.6 is 11.6 Å². The van der Waals surface area contributed by atoms with Crippen LogP contribution in [0.15, 0.2) is 42.5 Å². The third-order valence-corrected chi connectivity index (χ3v) is 3.78. The molecule has 1 unspecified atom stereocenters. The zero-order chi connectivity index (χ0) is 18.4. The number of nitro groups is 1. The number of nitro benzene ring substituents is 1. The molecule has 25 heavy (non-hydrogen) atoms. The summed E-state index contributed by atoms with van der Waals surface area (Å²) in [6.07, 6.45) is 0.437. The highest BCUT2D eigenvalue weighted by Gasteiger charge is 2.15. The van der Waals surface area contributed by atoms with E-state index < -0.39 is 10.8 Å². The SMILES string of the molecule is CC(NC(=O)COc1ccc([N+](=O)[O-])cc1C=O)c1ccccc1Cl. The molecule has 0 aliphatic rings. The first kappa shape index (κ1) is 18.4. The van der Waals surface area contributed by atoms with Gasteiger partial charge in [-0.05, 0) is 24.6 Å². The molecule has 0 bridgehead atoms. The monoisotopic (exact) mass is 362 g/mol. The maximum absolute atomic E-state index is 12.0. The summed E-state index contributed by atoms with van der Waals surface area (Å²) >= 11 is 6.08. The number of non-ortho nitro benzene ring substituents is 1. The minimum Gasteiger partial charge on any atom is -0.483 e. The van der Waals surface area contributed by atoms with Crippen LogP contribution in [0.2, 0.25) is 5.02 Å².